The largest absolute Gasteiger partial charge is 0.457 e. The van der Waals surface area contributed by atoms with Crippen molar-refractivity contribution in [1.29, 1.82) is 5.26 Å². The molecule has 144 valence electrons. The predicted molar refractivity (Wildman–Crippen MR) is 115 cm³/mol. The first-order valence-electron chi connectivity index (χ1n) is 9.28. The predicted octanol–water partition coefficient (Wildman–Crippen LogP) is 5.50. The number of ether oxygens (including phenoxy) is 1. The molecule has 0 radical (unpaired) electrons. The standard InChI is InChI=1S/C24H21N3O2/c1-2-18-8-10-20(11-9-18)26-17-19(16-25)24(28)27-21-12-14-23(15-13-21)29-22-6-4-3-5-7-22/h3-15,17,26H,2H2,1H3,(H,27,28)/b19-17-. The van der Waals surface area contributed by atoms with E-state index in [1.807, 2.05) is 60.7 Å². The molecule has 0 unspecified atom stereocenters. The lowest BCUT2D eigenvalue weighted by Crippen LogP contribution is -2.14. The molecule has 3 rings (SSSR count). The summed E-state index contributed by atoms with van der Waals surface area (Å²) in [6, 6.07) is 26.1. The van der Waals surface area contributed by atoms with Crippen LogP contribution in [-0.2, 0) is 11.2 Å². The van der Waals surface area contributed by atoms with Crippen molar-refractivity contribution in [2.75, 3.05) is 10.6 Å². The molecule has 29 heavy (non-hydrogen) atoms. The Balaban J connectivity index is 1.60. The highest BCUT2D eigenvalue weighted by Crippen LogP contribution is 2.22. The van der Waals surface area contributed by atoms with Crippen molar-refractivity contribution in [3.8, 4) is 17.6 Å². The summed E-state index contributed by atoms with van der Waals surface area (Å²) >= 11 is 0. The number of amides is 1. The second-order valence-electron chi connectivity index (χ2n) is 6.26. The number of hydrogen-bond acceptors (Lipinski definition) is 4. The van der Waals surface area contributed by atoms with Gasteiger partial charge in [-0.2, -0.15) is 5.26 Å². The molecule has 3 aromatic carbocycles. The second-order valence-corrected chi connectivity index (χ2v) is 6.26. The van der Waals surface area contributed by atoms with E-state index in [0.717, 1.165) is 17.9 Å². The van der Waals surface area contributed by atoms with Gasteiger partial charge in [0.15, 0.2) is 0 Å². The topological polar surface area (TPSA) is 74.2 Å². The van der Waals surface area contributed by atoms with Crippen molar-refractivity contribution in [3.63, 3.8) is 0 Å². The van der Waals surface area contributed by atoms with Gasteiger partial charge < -0.3 is 15.4 Å². The van der Waals surface area contributed by atoms with Crippen molar-refractivity contribution in [2.24, 2.45) is 0 Å². The smallest absolute Gasteiger partial charge is 0.267 e. The van der Waals surface area contributed by atoms with Crippen LogP contribution in [0, 0.1) is 11.3 Å². The van der Waals surface area contributed by atoms with Gasteiger partial charge in [-0.25, -0.2) is 0 Å². The zero-order valence-corrected chi connectivity index (χ0v) is 16.1. The van der Waals surface area contributed by atoms with E-state index < -0.39 is 5.91 Å². The minimum atomic E-state index is -0.484. The highest BCUT2D eigenvalue weighted by Gasteiger charge is 2.09. The number of benzene rings is 3. The van der Waals surface area contributed by atoms with Crippen LogP contribution in [0.5, 0.6) is 11.5 Å². The third kappa shape index (κ3) is 5.72. The number of nitrogens with zero attached hydrogens (tertiary/aromatic N) is 1. The Kier molecular flexibility index (Phi) is 6.64. The van der Waals surface area contributed by atoms with Gasteiger partial charge in [0.1, 0.15) is 23.1 Å². The van der Waals surface area contributed by atoms with Crippen LogP contribution >= 0.6 is 0 Å². The van der Waals surface area contributed by atoms with Gasteiger partial charge in [-0.05, 0) is 60.5 Å². The zero-order valence-electron chi connectivity index (χ0n) is 16.1. The first kappa shape index (κ1) is 19.7. The second kappa shape index (κ2) is 9.77. The Hall–Kier alpha value is -4.04. The van der Waals surface area contributed by atoms with E-state index in [-0.39, 0.29) is 5.57 Å². The van der Waals surface area contributed by atoms with E-state index in [0.29, 0.717) is 11.4 Å². The zero-order chi connectivity index (χ0) is 20.5. The molecule has 0 aliphatic rings. The van der Waals surface area contributed by atoms with Crippen LogP contribution in [0.2, 0.25) is 0 Å². The number of carbonyl (C=O) groups is 1. The number of aryl methyl sites for hydroxylation is 1. The lowest BCUT2D eigenvalue weighted by atomic mass is 10.1. The van der Waals surface area contributed by atoms with Gasteiger partial charge in [-0.3, -0.25) is 4.79 Å². The number of carbonyl (C=O) groups excluding carboxylic acids is 1. The molecule has 2 N–H and O–H groups in total. The Morgan fingerprint density at radius 3 is 2.17 bits per heavy atom. The average Bonchev–Trinajstić information content (AvgIpc) is 2.77. The van der Waals surface area contributed by atoms with E-state index >= 15 is 0 Å². The fourth-order valence-electron chi connectivity index (χ4n) is 2.57. The van der Waals surface area contributed by atoms with Crippen LogP contribution in [0.1, 0.15) is 12.5 Å². The molecule has 0 saturated carbocycles. The van der Waals surface area contributed by atoms with Gasteiger partial charge in [0.2, 0.25) is 0 Å². The first-order valence-corrected chi connectivity index (χ1v) is 9.28. The highest BCUT2D eigenvalue weighted by atomic mass is 16.5. The number of para-hydroxylation sites is 1. The van der Waals surface area contributed by atoms with Gasteiger partial charge >= 0.3 is 0 Å². The summed E-state index contributed by atoms with van der Waals surface area (Å²) < 4.78 is 5.72. The molecule has 0 aliphatic carbocycles. The van der Waals surface area contributed by atoms with Crippen molar-refractivity contribution in [2.45, 2.75) is 13.3 Å². The van der Waals surface area contributed by atoms with E-state index in [1.165, 1.54) is 11.8 Å². The summed E-state index contributed by atoms with van der Waals surface area (Å²) in [7, 11) is 0. The molecule has 0 bridgehead atoms. The molecular weight excluding hydrogens is 362 g/mol. The van der Waals surface area contributed by atoms with E-state index in [9.17, 15) is 10.1 Å². The maximum Gasteiger partial charge on any atom is 0.267 e. The summed E-state index contributed by atoms with van der Waals surface area (Å²) in [6.45, 7) is 2.08. The van der Waals surface area contributed by atoms with Crippen molar-refractivity contribution in [3.05, 3.63) is 96.2 Å². The molecule has 0 spiro atoms. The van der Waals surface area contributed by atoms with Gasteiger partial charge in [0.25, 0.3) is 5.91 Å². The number of rotatable bonds is 7. The molecule has 1 amide bonds. The molecule has 5 heteroatoms. The maximum atomic E-state index is 12.4. The van der Waals surface area contributed by atoms with Gasteiger partial charge in [-0.15, -0.1) is 0 Å². The summed E-state index contributed by atoms with van der Waals surface area (Å²) in [5, 5.41) is 15.0. The van der Waals surface area contributed by atoms with Crippen LogP contribution in [-0.4, -0.2) is 5.91 Å². The number of hydrogen-bond donors (Lipinski definition) is 2. The van der Waals surface area contributed by atoms with Crippen LogP contribution in [0.4, 0.5) is 11.4 Å². The Bertz CT molecular complexity index is 1020. The number of nitriles is 1. The maximum absolute atomic E-state index is 12.4. The summed E-state index contributed by atoms with van der Waals surface area (Å²) in [5.74, 6) is 0.904. The van der Waals surface area contributed by atoms with E-state index in [2.05, 4.69) is 17.6 Å². The molecule has 5 nitrogen and oxygen atoms in total. The van der Waals surface area contributed by atoms with Gasteiger partial charge in [-0.1, -0.05) is 37.3 Å². The van der Waals surface area contributed by atoms with Crippen molar-refractivity contribution in [1.82, 2.24) is 0 Å². The van der Waals surface area contributed by atoms with Crippen LogP contribution in [0.15, 0.2) is 90.6 Å². The number of nitrogens with one attached hydrogen (secondary N) is 2. The monoisotopic (exact) mass is 383 g/mol. The van der Waals surface area contributed by atoms with Crippen LogP contribution in [0.3, 0.4) is 0 Å². The Morgan fingerprint density at radius 2 is 1.55 bits per heavy atom. The average molecular weight is 383 g/mol. The molecule has 0 aromatic heterocycles. The third-order valence-electron chi connectivity index (χ3n) is 4.20. The lowest BCUT2D eigenvalue weighted by Gasteiger charge is -2.08. The molecular formula is C24H21N3O2. The third-order valence-corrected chi connectivity index (χ3v) is 4.20. The van der Waals surface area contributed by atoms with Crippen molar-refractivity contribution < 1.29 is 9.53 Å². The quantitative estimate of drug-likeness (QED) is 0.417. The van der Waals surface area contributed by atoms with Crippen LogP contribution in [0.25, 0.3) is 0 Å². The fourth-order valence-corrected chi connectivity index (χ4v) is 2.57. The summed E-state index contributed by atoms with van der Waals surface area (Å²) in [6.07, 6.45) is 2.36. The molecule has 0 atom stereocenters. The van der Waals surface area contributed by atoms with Gasteiger partial charge in [0, 0.05) is 17.6 Å². The molecule has 0 saturated heterocycles. The number of anilines is 2. The molecule has 0 fully saturated rings. The van der Waals surface area contributed by atoms with E-state index in [1.54, 1.807) is 24.3 Å². The van der Waals surface area contributed by atoms with Crippen LogP contribution < -0.4 is 15.4 Å². The first-order chi connectivity index (χ1) is 14.2. The van der Waals surface area contributed by atoms with Crippen molar-refractivity contribution >= 4 is 17.3 Å². The molecule has 3 aromatic rings. The minimum Gasteiger partial charge on any atom is -0.457 e. The minimum absolute atomic E-state index is 0.0193. The SMILES string of the molecule is CCc1ccc(N/C=C(/C#N)C(=O)Nc2ccc(Oc3ccccc3)cc2)cc1. The van der Waals surface area contributed by atoms with Gasteiger partial charge in [0.05, 0.1) is 0 Å². The molecule has 0 heterocycles. The normalized spacial score (nSPS) is 10.7. The van der Waals surface area contributed by atoms with E-state index in [4.69, 9.17) is 4.74 Å². The fraction of sp³-hybridized carbons (Fsp3) is 0.0833. The Morgan fingerprint density at radius 1 is 0.931 bits per heavy atom. The lowest BCUT2D eigenvalue weighted by molar-refractivity contribution is -0.112. The highest BCUT2D eigenvalue weighted by molar-refractivity contribution is 6.06. The summed E-state index contributed by atoms with van der Waals surface area (Å²) in [5.41, 5.74) is 2.58. The summed E-state index contributed by atoms with van der Waals surface area (Å²) in [4.78, 5) is 12.4. The molecule has 0 aliphatic heterocycles. The Labute approximate surface area is 170 Å².